The van der Waals surface area contributed by atoms with Crippen molar-refractivity contribution in [3.05, 3.63) is 58.1 Å². The van der Waals surface area contributed by atoms with Crippen LogP contribution in [0.5, 0.6) is 0 Å². The molecule has 0 fully saturated rings. The third-order valence-electron chi connectivity index (χ3n) is 3.41. The number of hydrogen-bond donors (Lipinski definition) is 1. The molecular weight excluding hydrogens is 438 g/mol. The first-order valence-corrected chi connectivity index (χ1v) is 9.32. The minimum Gasteiger partial charge on any atom is -0.324 e. The van der Waals surface area contributed by atoms with E-state index in [4.69, 9.17) is 23.2 Å². The summed E-state index contributed by atoms with van der Waals surface area (Å²) in [6, 6.07) is 9.42. The van der Waals surface area contributed by atoms with Crippen molar-refractivity contribution < 1.29 is 18.0 Å². The lowest BCUT2D eigenvalue weighted by Gasteiger charge is -2.11. The number of benzene rings is 2. The van der Waals surface area contributed by atoms with Crippen molar-refractivity contribution in [1.29, 1.82) is 0 Å². The zero-order chi connectivity index (χ0) is 20.3. The standard InChI is InChI=1S/C16H10Cl2F3N5OS/c17-10-2-4-11(5-3-10)26-15(23-24-25-26)28-8-14(27)22-13-7-9(16(19,20)21)1-6-12(13)18/h1-7H,8H2,(H,22,27). The summed E-state index contributed by atoms with van der Waals surface area (Å²) >= 11 is 12.7. The number of carbonyl (C=O) groups is 1. The van der Waals surface area contributed by atoms with E-state index in [0.717, 1.165) is 30.0 Å². The molecule has 0 saturated carbocycles. The molecule has 0 aliphatic carbocycles. The highest BCUT2D eigenvalue weighted by atomic mass is 35.5. The molecule has 146 valence electrons. The van der Waals surface area contributed by atoms with Crippen molar-refractivity contribution in [3.63, 3.8) is 0 Å². The summed E-state index contributed by atoms with van der Waals surface area (Å²) in [5.41, 5.74) is -0.399. The van der Waals surface area contributed by atoms with Gasteiger partial charge in [-0.15, -0.1) is 5.10 Å². The fraction of sp³-hybridized carbons (Fsp3) is 0.125. The molecule has 1 heterocycles. The first-order valence-electron chi connectivity index (χ1n) is 7.58. The fourth-order valence-electron chi connectivity index (χ4n) is 2.13. The quantitative estimate of drug-likeness (QED) is 0.572. The summed E-state index contributed by atoms with van der Waals surface area (Å²) < 4.78 is 39.8. The zero-order valence-corrected chi connectivity index (χ0v) is 16.1. The Balaban J connectivity index is 1.68. The minimum absolute atomic E-state index is 0.00246. The maximum atomic E-state index is 12.8. The highest BCUT2D eigenvalue weighted by Gasteiger charge is 2.31. The number of thioether (sulfide) groups is 1. The van der Waals surface area contributed by atoms with Gasteiger partial charge in [-0.1, -0.05) is 35.0 Å². The number of anilines is 1. The number of nitrogens with zero attached hydrogens (tertiary/aromatic N) is 4. The fourth-order valence-corrected chi connectivity index (χ4v) is 3.11. The molecule has 0 unspecified atom stereocenters. The lowest BCUT2D eigenvalue weighted by Crippen LogP contribution is -2.16. The molecule has 0 aliphatic heterocycles. The van der Waals surface area contributed by atoms with Crippen LogP contribution in [0.25, 0.3) is 5.69 Å². The van der Waals surface area contributed by atoms with Gasteiger partial charge in [0.15, 0.2) is 0 Å². The SMILES string of the molecule is O=C(CSc1nnnn1-c1ccc(Cl)cc1)Nc1cc(C(F)(F)F)ccc1Cl. The lowest BCUT2D eigenvalue weighted by atomic mass is 10.2. The first kappa shape index (κ1) is 20.4. The van der Waals surface area contributed by atoms with Gasteiger partial charge in [0.05, 0.1) is 27.7 Å². The van der Waals surface area contributed by atoms with E-state index < -0.39 is 17.6 Å². The van der Waals surface area contributed by atoms with Gasteiger partial charge in [0.25, 0.3) is 0 Å². The van der Waals surface area contributed by atoms with Crippen LogP contribution in [0.3, 0.4) is 0 Å². The smallest absolute Gasteiger partial charge is 0.324 e. The Hall–Kier alpha value is -2.30. The van der Waals surface area contributed by atoms with Gasteiger partial charge in [0, 0.05) is 5.02 Å². The number of halogens is 5. The van der Waals surface area contributed by atoms with E-state index in [1.54, 1.807) is 24.3 Å². The molecule has 0 radical (unpaired) electrons. The highest BCUT2D eigenvalue weighted by Crippen LogP contribution is 2.34. The Kier molecular flexibility index (Phi) is 6.11. The molecule has 0 spiro atoms. The number of aromatic nitrogens is 4. The Morgan fingerprint density at radius 3 is 2.54 bits per heavy atom. The van der Waals surface area contributed by atoms with Gasteiger partial charge in [0.1, 0.15) is 0 Å². The Bertz CT molecular complexity index is 995. The van der Waals surface area contributed by atoms with Gasteiger partial charge in [-0.25, -0.2) is 0 Å². The molecule has 1 amide bonds. The van der Waals surface area contributed by atoms with Crippen LogP contribution >= 0.6 is 35.0 Å². The summed E-state index contributed by atoms with van der Waals surface area (Å²) in [4.78, 5) is 12.1. The van der Waals surface area contributed by atoms with E-state index in [2.05, 4.69) is 20.8 Å². The van der Waals surface area contributed by atoms with E-state index in [9.17, 15) is 18.0 Å². The van der Waals surface area contributed by atoms with Gasteiger partial charge in [-0.2, -0.15) is 17.9 Å². The van der Waals surface area contributed by atoms with Crippen LogP contribution in [0, 0.1) is 0 Å². The molecule has 0 bridgehead atoms. The van der Waals surface area contributed by atoms with Gasteiger partial charge in [-0.3, -0.25) is 4.79 Å². The van der Waals surface area contributed by atoms with Gasteiger partial charge < -0.3 is 5.32 Å². The predicted octanol–water partition coefficient (Wildman–Crippen LogP) is 4.72. The molecule has 0 atom stereocenters. The van der Waals surface area contributed by atoms with Crippen LogP contribution in [0.15, 0.2) is 47.6 Å². The number of amides is 1. The van der Waals surface area contributed by atoms with E-state index in [1.807, 2.05) is 0 Å². The Labute approximate surface area is 171 Å². The third kappa shape index (κ3) is 4.94. The summed E-state index contributed by atoms with van der Waals surface area (Å²) in [5.74, 6) is -0.697. The maximum absolute atomic E-state index is 12.8. The first-order chi connectivity index (χ1) is 13.2. The molecule has 3 rings (SSSR count). The van der Waals surface area contributed by atoms with E-state index in [-0.39, 0.29) is 16.5 Å². The molecule has 28 heavy (non-hydrogen) atoms. The van der Waals surface area contributed by atoms with Crippen LogP contribution < -0.4 is 5.32 Å². The number of hydrogen-bond acceptors (Lipinski definition) is 5. The largest absolute Gasteiger partial charge is 0.416 e. The third-order valence-corrected chi connectivity index (χ3v) is 4.91. The number of carbonyl (C=O) groups excluding carboxylic acids is 1. The Morgan fingerprint density at radius 2 is 1.86 bits per heavy atom. The highest BCUT2D eigenvalue weighted by molar-refractivity contribution is 7.99. The van der Waals surface area contributed by atoms with Crippen molar-refractivity contribution in [3.8, 4) is 5.69 Å². The van der Waals surface area contributed by atoms with Crippen LogP contribution in [-0.2, 0) is 11.0 Å². The number of alkyl halides is 3. The monoisotopic (exact) mass is 447 g/mol. The molecule has 0 aliphatic rings. The average Bonchev–Trinajstić information content (AvgIpc) is 3.10. The van der Waals surface area contributed by atoms with Crippen LogP contribution in [-0.4, -0.2) is 31.9 Å². The van der Waals surface area contributed by atoms with Crippen molar-refractivity contribution >= 4 is 46.6 Å². The average molecular weight is 448 g/mol. The van der Waals surface area contributed by atoms with E-state index in [1.165, 1.54) is 4.68 Å². The molecule has 0 saturated heterocycles. The van der Waals surface area contributed by atoms with Gasteiger partial charge in [0.2, 0.25) is 11.1 Å². The van der Waals surface area contributed by atoms with E-state index in [0.29, 0.717) is 15.9 Å². The second-order valence-corrected chi connectivity index (χ2v) is 7.17. The maximum Gasteiger partial charge on any atom is 0.416 e. The van der Waals surface area contributed by atoms with Crippen molar-refractivity contribution in [1.82, 2.24) is 20.2 Å². The summed E-state index contributed by atoms with van der Waals surface area (Å²) in [5, 5.41) is 14.5. The van der Waals surface area contributed by atoms with Crippen LogP contribution in [0.4, 0.5) is 18.9 Å². The molecule has 2 aromatic carbocycles. The van der Waals surface area contributed by atoms with Crippen molar-refractivity contribution in [2.75, 3.05) is 11.1 Å². The molecule has 6 nitrogen and oxygen atoms in total. The second-order valence-electron chi connectivity index (χ2n) is 5.38. The van der Waals surface area contributed by atoms with Crippen molar-refractivity contribution in [2.45, 2.75) is 11.3 Å². The molecular formula is C16H10Cl2F3N5OS. The lowest BCUT2D eigenvalue weighted by molar-refractivity contribution is -0.137. The zero-order valence-electron chi connectivity index (χ0n) is 13.7. The summed E-state index contributed by atoms with van der Waals surface area (Å²) in [6.45, 7) is 0. The summed E-state index contributed by atoms with van der Waals surface area (Å²) in [6.07, 6.45) is -4.54. The summed E-state index contributed by atoms with van der Waals surface area (Å²) in [7, 11) is 0. The van der Waals surface area contributed by atoms with Gasteiger partial charge in [-0.05, 0) is 52.9 Å². The van der Waals surface area contributed by atoms with E-state index >= 15 is 0 Å². The van der Waals surface area contributed by atoms with Crippen LogP contribution in [0.2, 0.25) is 10.0 Å². The number of rotatable bonds is 5. The van der Waals surface area contributed by atoms with Crippen LogP contribution in [0.1, 0.15) is 5.56 Å². The topological polar surface area (TPSA) is 72.7 Å². The minimum atomic E-state index is -4.54. The Morgan fingerprint density at radius 1 is 1.14 bits per heavy atom. The molecule has 3 aromatic rings. The predicted molar refractivity (Wildman–Crippen MR) is 100.0 cm³/mol. The molecule has 1 aromatic heterocycles. The second kappa shape index (κ2) is 8.38. The number of tetrazole rings is 1. The molecule has 1 N–H and O–H groups in total. The number of nitrogens with one attached hydrogen (secondary N) is 1. The van der Waals surface area contributed by atoms with Gasteiger partial charge >= 0.3 is 6.18 Å². The molecule has 12 heteroatoms. The normalized spacial score (nSPS) is 11.5. The van der Waals surface area contributed by atoms with Crippen molar-refractivity contribution in [2.24, 2.45) is 0 Å².